The van der Waals surface area contributed by atoms with E-state index in [4.69, 9.17) is 5.73 Å². The Bertz CT molecular complexity index is 202. The molecule has 0 spiro atoms. The summed E-state index contributed by atoms with van der Waals surface area (Å²) in [6.07, 6.45) is 0.262. The van der Waals surface area contributed by atoms with E-state index in [1.807, 2.05) is 6.92 Å². The summed E-state index contributed by atoms with van der Waals surface area (Å²) in [7, 11) is -3.84. The maximum Gasteiger partial charge on any atom is 0.400 e. The lowest BCUT2D eigenvalue weighted by Crippen LogP contribution is -2.20. The Hall–Kier alpha value is -0.170. The lowest BCUT2D eigenvalue weighted by atomic mass is 10.3. The van der Waals surface area contributed by atoms with Crippen LogP contribution in [0.2, 0.25) is 0 Å². The van der Waals surface area contributed by atoms with Gasteiger partial charge >= 0.3 is 10.4 Å². The van der Waals surface area contributed by atoms with Crippen molar-refractivity contribution in [2.45, 2.75) is 26.4 Å². The molecule has 12 heavy (non-hydrogen) atoms. The summed E-state index contributed by atoms with van der Waals surface area (Å²) in [5.74, 6) is 0. The van der Waals surface area contributed by atoms with Gasteiger partial charge in [0.1, 0.15) is 0 Å². The van der Waals surface area contributed by atoms with Crippen molar-refractivity contribution in [2.24, 2.45) is 5.73 Å². The van der Waals surface area contributed by atoms with Gasteiger partial charge < -0.3 is 5.73 Å². The fourth-order valence-corrected chi connectivity index (χ4v) is 1.34. The van der Waals surface area contributed by atoms with Gasteiger partial charge in [-0.25, -0.2) is 8.37 Å². The third-order valence-electron chi connectivity index (χ3n) is 1.20. The van der Waals surface area contributed by atoms with Crippen LogP contribution in [0.15, 0.2) is 0 Å². The second-order valence-corrected chi connectivity index (χ2v) is 3.58. The van der Waals surface area contributed by atoms with Gasteiger partial charge in [-0.15, -0.1) is 0 Å². The molecule has 0 bridgehead atoms. The fraction of sp³-hybridized carbons (Fsp3) is 1.00. The Labute approximate surface area is 73.2 Å². The fourth-order valence-electron chi connectivity index (χ4n) is 0.447. The van der Waals surface area contributed by atoms with E-state index in [2.05, 4.69) is 8.37 Å². The Kier molecular flexibility index (Phi) is 5.39. The third-order valence-corrected chi connectivity index (χ3v) is 2.22. The summed E-state index contributed by atoms with van der Waals surface area (Å²) in [5, 5.41) is 0. The molecule has 6 heteroatoms. The quantitative estimate of drug-likeness (QED) is 0.649. The molecule has 5 nitrogen and oxygen atoms in total. The molecular weight excluding hydrogens is 182 g/mol. The second kappa shape index (κ2) is 5.47. The highest BCUT2D eigenvalue weighted by Gasteiger charge is 2.14. The normalized spacial score (nSPS) is 14.6. The van der Waals surface area contributed by atoms with E-state index in [1.165, 1.54) is 0 Å². The van der Waals surface area contributed by atoms with Gasteiger partial charge in [0.15, 0.2) is 0 Å². The summed E-state index contributed by atoms with van der Waals surface area (Å²) < 4.78 is 30.7. The summed E-state index contributed by atoms with van der Waals surface area (Å²) in [5.41, 5.74) is 5.05. The summed E-state index contributed by atoms with van der Waals surface area (Å²) in [6, 6.07) is 0. The average Bonchev–Trinajstić information content (AvgIpc) is 2.00. The molecule has 0 aromatic heterocycles. The van der Waals surface area contributed by atoms with Gasteiger partial charge in [0.25, 0.3) is 0 Å². The largest absolute Gasteiger partial charge is 0.400 e. The molecule has 0 fully saturated rings. The maximum atomic E-state index is 10.9. The van der Waals surface area contributed by atoms with Crippen molar-refractivity contribution in [3.05, 3.63) is 0 Å². The van der Waals surface area contributed by atoms with Gasteiger partial charge in [0.2, 0.25) is 0 Å². The zero-order valence-electron chi connectivity index (χ0n) is 7.32. The predicted octanol–water partition coefficient (Wildman–Crippen LogP) is 0.0216. The summed E-state index contributed by atoms with van der Waals surface area (Å²) >= 11 is 0. The van der Waals surface area contributed by atoms with Gasteiger partial charge in [0.05, 0.1) is 12.7 Å². The van der Waals surface area contributed by atoms with Gasteiger partial charge in [-0.3, -0.25) is 0 Å². The first-order valence-corrected chi connectivity index (χ1v) is 5.13. The van der Waals surface area contributed by atoms with Gasteiger partial charge in [0, 0.05) is 6.54 Å². The molecule has 0 aromatic carbocycles. The van der Waals surface area contributed by atoms with Crippen molar-refractivity contribution in [1.82, 2.24) is 0 Å². The molecule has 74 valence electrons. The molecule has 0 aliphatic heterocycles. The summed E-state index contributed by atoms with van der Waals surface area (Å²) in [4.78, 5) is 0. The van der Waals surface area contributed by atoms with Crippen molar-refractivity contribution in [2.75, 3.05) is 13.2 Å². The highest BCUT2D eigenvalue weighted by atomic mass is 32.3. The van der Waals surface area contributed by atoms with E-state index in [-0.39, 0.29) is 19.3 Å². The molecule has 0 heterocycles. The van der Waals surface area contributed by atoms with E-state index in [0.717, 1.165) is 0 Å². The van der Waals surface area contributed by atoms with Crippen LogP contribution in [-0.4, -0.2) is 27.7 Å². The first-order valence-electron chi connectivity index (χ1n) is 3.79. The lowest BCUT2D eigenvalue weighted by Gasteiger charge is -2.09. The first-order chi connectivity index (χ1) is 5.52. The first kappa shape index (κ1) is 11.8. The van der Waals surface area contributed by atoms with Crippen molar-refractivity contribution < 1.29 is 16.8 Å². The van der Waals surface area contributed by atoms with Gasteiger partial charge in [-0.1, -0.05) is 6.92 Å². The summed E-state index contributed by atoms with van der Waals surface area (Å²) in [6.45, 7) is 3.59. The van der Waals surface area contributed by atoms with E-state index in [9.17, 15) is 8.42 Å². The number of rotatable bonds is 6. The molecular formula is C6H15NO4S. The molecule has 0 amide bonds. The van der Waals surface area contributed by atoms with E-state index >= 15 is 0 Å². The molecule has 2 N–H and O–H groups in total. The molecule has 0 rings (SSSR count). The minimum Gasteiger partial charge on any atom is -0.328 e. The topological polar surface area (TPSA) is 78.6 Å². The van der Waals surface area contributed by atoms with Crippen molar-refractivity contribution in [3.8, 4) is 0 Å². The van der Waals surface area contributed by atoms with Crippen molar-refractivity contribution >= 4 is 10.4 Å². The standard InChI is InChI=1S/C6H15NO4S/c1-3-6(2)11-12(8,9)10-5-4-7/h6H,3-5,7H2,1-2H3. The Morgan fingerprint density at radius 1 is 1.50 bits per heavy atom. The third kappa shape index (κ3) is 5.48. The molecule has 1 atom stereocenters. The molecule has 0 aliphatic rings. The SMILES string of the molecule is CCC(C)OS(=O)(=O)OCCN. The number of nitrogens with two attached hydrogens (primary N) is 1. The van der Waals surface area contributed by atoms with Gasteiger partial charge in [-0.2, -0.15) is 8.42 Å². The van der Waals surface area contributed by atoms with E-state index < -0.39 is 10.4 Å². The average molecular weight is 197 g/mol. The van der Waals surface area contributed by atoms with Crippen LogP contribution in [0.1, 0.15) is 20.3 Å². The molecule has 1 unspecified atom stereocenters. The molecule has 0 aromatic rings. The lowest BCUT2D eigenvalue weighted by molar-refractivity contribution is 0.167. The second-order valence-electron chi connectivity index (χ2n) is 2.33. The number of hydrogen-bond donors (Lipinski definition) is 1. The van der Waals surface area contributed by atoms with Crippen molar-refractivity contribution in [1.29, 1.82) is 0 Å². The minimum absolute atomic E-state index is 0.0429. The Morgan fingerprint density at radius 2 is 2.08 bits per heavy atom. The van der Waals surface area contributed by atoms with Crippen LogP contribution in [0.4, 0.5) is 0 Å². The van der Waals surface area contributed by atoms with Crippen LogP contribution in [0.3, 0.4) is 0 Å². The zero-order chi connectivity index (χ0) is 9.61. The van der Waals surface area contributed by atoms with Crippen LogP contribution in [-0.2, 0) is 18.8 Å². The molecule has 0 saturated carbocycles. The predicted molar refractivity (Wildman–Crippen MR) is 44.8 cm³/mol. The minimum atomic E-state index is -3.84. The van der Waals surface area contributed by atoms with Crippen LogP contribution in [0, 0.1) is 0 Å². The highest BCUT2D eigenvalue weighted by Crippen LogP contribution is 2.03. The smallest absolute Gasteiger partial charge is 0.328 e. The molecule has 0 radical (unpaired) electrons. The highest BCUT2D eigenvalue weighted by molar-refractivity contribution is 7.81. The van der Waals surface area contributed by atoms with Crippen molar-refractivity contribution in [3.63, 3.8) is 0 Å². The monoisotopic (exact) mass is 197 g/mol. The molecule has 0 aliphatic carbocycles. The number of hydrogen-bond acceptors (Lipinski definition) is 5. The van der Waals surface area contributed by atoms with E-state index in [1.54, 1.807) is 6.92 Å². The van der Waals surface area contributed by atoms with Crippen LogP contribution in [0.5, 0.6) is 0 Å². The molecule has 0 saturated heterocycles. The van der Waals surface area contributed by atoms with Crippen LogP contribution < -0.4 is 5.73 Å². The Balaban J connectivity index is 3.88. The van der Waals surface area contributed by atoms with E-state index in [0.29, 0.717) is 6.42 Å². The Morgan fingerprint density at radius 3 is 2.50 bits per heavy atom. The maximum absolute atomic E-state index is 10.9. The van der Waals surface area contributed by atoms with Gasteiger partial charge in [-0.05, 0) is 13.3 Å². The van der Waals surface area contributed by atoms with Crippen LogP contribution in [0.25, 0.3) is 0 Å². The zero-order valence-corrected chi connectivity index (χ0v) is 8.13. The van der Waals surface area contributed by atoms with Crippen LogP contribution >= 0.6 is 0 Å².